The number of halogens is 2. The van der Waals surface area contributed by atoms with E-state index in [0.29, 0.717) is 29.3 Å². The minimum Gasteiger partial charge on any atom is -0.489 e. The molecule has 0 aliphatic carbocycles. The third kappa shape index (κ3) is 5.79. The molecule has 0 fully saturated rings. The molecule has 2 aromatic carbocycles. The summed E-state index contributed by atoms with van der Waals surface area (Å²) in [6.07, 6.45) is 2.08. The number of primary amides is 1. The number of nitrogens with two attached hydrogens (primary N) is 1. The average Bonchev–Trinajstić information content (AvgIpc) is 3.10. The number of H-pyrrole nitrogens is 1. The number of carbonyl (C=O) groups excluding carboxylic acids is 1. The molecule has 1 aromatic heterocycles. The summed E-state index contributed by atoms with van der Waals surface area (Å²) < 4.78 is 19.3. The standard InChI is InChI=1S/C21H22ClFN4O2/c1-13-25-11-16(27-13)8-20(21(24)28)26-10-14-6-7-17(9-18(14)22)29-12-15-4-2-3-5-19(15)23/h2-7,9,11,20,26H,8,10,12H2,1H3,(H2,24,28)(H,25,27). The highest BCUT2D eigenvalue weighted by molar-refractivity contribution is 6.31. The maximum Gasteiger partial charge on any atom is 0.234 e. The predicted octanol–water partition coefficient (Wildman–Crippen LogP) is 3.28. The van der Waals surface area contributed by atoms with Crippen molar-refractivity contribution < 1.29 is 13.9 Å². The van der Waals surface area contributed by atoms with E-state index in [0.717, 1.165) is 17.1 Å². The van der Waals surface area contributed by atoms with Crippen LogP contribution in [0.4, 0.5) is 4.39 Å². The Morgan fingerprint density at radius 3 is 2.76 bits per heavy atom. The summed E-state index contributed by atoms with van der Waals surface area (Å²) in [4.78, 5) is 19.0. The fraction of sp³-hybridized carbons (Fsp3) is 0.238. The molecule has 29 heavy (non-hydrogen) atoms. The highest BCUT2D eigenvalue weighted by Crippen LogP contribution is 2.24. The van der Waals surface area contributed by atoms with Gasteiger partial charge in [0.1, 0.15) is 24.0 Å². The molecule has 3 rings (SSSR count). The van der Waals surface area contributed by atoms with Gasteiger partial charge in [-0.25, -0.2) is 9.37 Å². The minimum atomic E-state index is -0.567. The van der Waals surface area contributed by atoms with Gasteiger partial charge in [0.05, 0.1) is 6.04 Å². The van der Waals surface area contributed by atoms with E-state index in [1.54, 1.807) is 42.6 Å². The summed E-state index contributed by atoms with van der Waals surface area (Å²) in [7, 11) is 0. The Morgan fingerprint density at radius 1 is 1.31 bits per heavy atom. The van der Waals surface area contributed by atoms with Crippen molar-refractivity contribution in [1.82, 2.24) is 15.3 Å². The molecule has 1 unspecified atom stereocenters. The monoisotopic (exact) mass is 416 g/mol. The molecule has 0 aliphatic rings. The number of nitrogens with one attached hydrogen (secondary N) is 2. The van der Waals surface area contributed by atoms with Crippen molar-refractivity contribution in [3.8, 4) is 5.75 Å². The van der Waals surface area contributed by atoms with Gasteiger partial charge in [-0.05, 0) is 30.7 Å². The van der Waals surface area contributed by atoms with Crippen molar-refractivity contribution in [3.05, 3.63) is 82.1 Å². The van der Waals surface area contributed by atoms with E-state index in [4.69, 9.17) is 22.1 Å². The van der Waals surface area contributed by atoms with E-state index in [-0.39, 0.29) is 12.4 Å². The molecule has 6 nitrogen and oxygen atoms in total. The van der Waals surface area contributed by atoms with Crippen LogP contribution in [0.2, 0.25) is 5.02 Å². The van der Waals surface area contributed by atoms with Crippen LogP contribution in [0.15, 0.2) is 48.7 Å². The molecule has 0 spiro atoms. The number of hydrogen-bond acceptors (Lipinski definition) is 4. The fourth-order valence-corrected chi connectivity index (χ4v) is 3.08. The average molecular weight is 417 g/mol. The van der Waals surface area contributed by atoms with E-state index in [1.807, 2.05) is 6.92 Å². The first kappa shape index (κ1) is 20.8. The fourth-order valence-electron chi connectivity index (χ4n) is 2.84. The Hall–Kier alpha value is -2.90. The SMILES string of the molecule is Cc1ncc(CC(NCc2ccc(OCc3ccccc3F)cc2Cl)C(N)=O)[nH]1. The molecule has 0 saturated carbocycles. The molecule has 1 atom stereocenters. The van der Waals surface area contributed by atoms with Crippen molar-refractivity contribution in [2.24, 2.45) is 5.73 Å². The Morgan fingerprint density at radius 2 is 2.10 bits per heavy atom. The lowest BCUT2D eigenvalue weighted by molar-refractivity contribution is -0.120. The van der Waals surface area contributed by atoms with Crippen LogP contribution in [-0.2, 0) is 24.4 Å². The second-order valence-corrected chi connectivity index (χ2v) is 7.07. The highest BCUT2D eigenvalue weighted by atomic mass is 35.5. The molecule has 1 heterocycles. The summed E-state index contributed by atoms with van der Waals surface area (Å²) >= 11 is 6.34. The molecular formula is C21H22ClFN4O2. The summed E-state index contributed by atoms with van der Waals surface area (Å²) in [6, 6.07) is 11.1. The van der Waals surface area contributed by atoms with Gasteiger partial charge < -0.3 is 20.8 Å². The first-order valence-electron chi connectivity index (χ1n) is 9.10. The number of carbonyl (C=O) groups is 1. The first-order chi connectivity index (χ1) is 13.9. The van der Waals surface area contributed by atoms with Crippen LogP contribution >= 0.6 is 11.6 Å². The Bertz CT molecular complexity index is 992. The Labute approximate surface area is 173 Å². The maximum absolute atomic E-state index is 13.7. The van der Waals surface area contributed by atoms with Crippen molar-refractivity contribution in [3.63, 3.8) is 0 Å². The number of aromatic amines is 1. The van der Waals surface area contributed by atoms with Gasteiger partial charge in [-0.15, -0.1) is 0 Å². The van der Waals surface area contributed by atoms with Gasteiger partial charge in [-0.2, -0.15) is 0 Å². The van der Waals surface area contributed by atoms with E-state index < -0.39 is 11.9 Å². The molecule has 4 N–H and O–H groups in total. The van der Waals surface area contributed by atoms with Crippen molar-refractivity contribution >= 4 is 17.5 Å². The second kappa shape index (κ2) is 9.54. The molecule has 0 radical (unpaired) electrons. The number of nitrogens with zero attached hydrogens (tertiary/aromatic N) is 1. The number of benzene rings is 2. The Balaban J connectivity index is 1.59. The lowest BCUT2D eigenvalue weighted by Gasteiger charge is -2.16. The highest BCUT2D eigenvalue weighted by Gasteiger charge is 2.17. The number of aryl methyl sites for hydroxylation is 1. The third-order valence-electron chi connectivity index (χ3n) is 4.44. The van der Waals surface area contributed by atoms with Crippen molar-refractivity contribution in [2.45, 2.75) is 32.5 Å². The van der Waals surface area contributed by atoms with Crippen LogP contribution in [0.3, 0.4) is 0 Å². The molecule has 3 aromatic rings. The molecule has 8 heteroatoms. The van der Waals surface area contributed by atoms with Gasteiger partial charge in [0.15, 0.2) is 0 Å². The largest absolute Gasteiger partial charge is 0.489 e. The van der Waals surface area contributed by atoms with Crippen molar-refractivity contribution in [2.75, 3.05) is 0 Å². The lowest BCUT2D eigenvalue weighted by Crippen LogP contribution is -2.42. The summed E-state index contributed by atoms with van der Waals surface area (Å²) in [5, 5.41) is 3.60. The minimum absolute atomic E-state index is 0.105. The van der Waals surface area contributed by atoms with Crippen molar-refractivity contribution in [1.29, 1.82) is 0 Å². The van der Waals surface area contributed by atoms with Gasteiger partial charge in [-0.1, -0.05) is 35.9 Å². The van der Waals surface area contributed by atoms with Crippen LogP contribution in [0, 0.1) is 12.7 Å². The van der Waals surface area contributed by atoms with Crippen LogP contribution in [0.25, 0.3) is 0 Å². The summed E-state index contributed by atoms with van der Waals surface area (Å²) in [5.41, 5.74) is 7.58. The quantitative estimate of drug-likeness (QED) is 0.499. The zero-order valence-electron chi connectivity index (χ0n) is 15.9. The van der Waals surface area contributed by atoms with E-state index >= 15 is 0 Å². The topological polar surface area (TPSA) is 93.0 Å². The lowest BCUT2D eigenvalue weighted by atomic mass is 10.1. The summed E-state index contributed by atoms with van der Waals surface area (Å²) in [6.45, 7) is 2.30. The molecule has 0 bridgehead atoms. The number of hydrogen-bond donors (Lipinski definition) is 3. The maximum atomic E-state index is 13.7. The molecule has 152 valence electrons. The Kier molecular flexibility index (Phi) is 6.85. The van der Waals surface area contributed by atoms with Gasteiger partial charge >= 0.3 is 0 Å². The summed E-state index contributed by atoms with van der Waals surface area (Å²) in [5.74, 6) is 0.529. The normalized spacial score (nSPS) is 12.0. The zero-order valence-corrected chi connectivity index (χ0v) is 16.7. The number of imidazole rings is 1. The van der Waals surface area contributed by atoms with Gasteiger partial charge in [0, 0.05) is 35.4 Å². The number of rotatable bonds is 9. The van der Waals surface area contributed by atoms with E-state index in [2.05, 4.69) is 15.3 Å². The third-order valence-corrected chi connectivity index (χ3v) is 4.79. The molecule has 0 saturated heterocycles. The number of amides is 1. The van der Waals surface area contributed by atoms with Gasteiger partial charge in [0.25, 0.3) is 0 Å². The first-order valence-corrected chi connectivity index (χ1v) is 9.48. The number of aromatic nitrogens is 2. The molecular weight excluding hydrogens is 395 g/mol. The molecule has 1 amide bonds. The van der Waals surface area contributed by atoms with Crippen LogP contribution in [-0.4, -0.2) is 21.9 Å². The van der Waals surface area contributed by atoms with Crippen LogP contribution < -0.4 is 15.8 Å². The van der Waals surface area contributed by atoms with Gasteiger partial charge in [0.2, 0.25) is 5.91 Å². The second-order valence-electron chi connectivity index (χ2n) is 6.67. The number of ether oxygens (including phenoxy) is 1. The van der Waals surface area contributed by atoms with E-state index in [1.165, 1.54) is 6.07 Å². The van der Waals surface area contributed by atoms with E-state index in [9.17, 15) is 9.18 Å². The van der Waals surface area contributed by atoms with Crippen LogP contribution in [0.1, 0.15) is 22.6 Å². The van der Waals surface area contributed by atoms with Crippen LogP contribution in [0.5, 0.6) is 5.75 Å². The smallest absolute Gasteiger partial charge is 0.234 e. The van der Waals surface area contributed by atoms with Gasteiger partial charge in [-0.3, -0.25) is 4.79 Å². The molecule has 0 aliphatic heterocycles. The zero-order chi connectivity index (χ0) is 20.8. The predicted molar refractivity (Wildman–Crippen MR) is 109 cm³/mol.